The molecule has 0 aromatic heterocycles. The zero-order valence-corrected chi connectivity index (χ0v) is 23.0. The summed E-state index contributed by atoms with van der Waals surface area (Å²) in [7, 11) is 0. The first kappa shape index (κ1) is 32.7. The number of carbonyl (C=O) groups excluding carboxylic acids is 2. The monoisotopic (exact) mass is 531 g/mol. The maximum absolute atomic E-state index is 12.3. The van der Waals surface area contributed by atoms with Gasteiger partial charge in [0.2, 0.25) is 0 Å². The third-order valence-electron chi connectivity index (χ3n) is 6.69. The van der Waals surface area contributed by atoms with Crippen molar-refractivity contribution >= 4 is 24.9 Å². The number of hydrogen-bond donors (Lipinski definition) is 3. The number of aliphatic carboxylic acids is 2. The van der Waals surface area contributed by atoms with Crippen molar-refractivity contribution in [3.8, 4) is 0 Å². The number of nitrogens with one attached hydrogen (secondary N) is 1. The molecule has 1 aliphatic rings. The molecule has 4 unspecified atom stereocenters. The van der Waals surface area contributed by atoms with Gasteiger partial charge in [0.25, 0.3) is 12.9 Å². The summed E-state index contributed by atoms with van der Waals surface area (Å²) in [6, 6.07) is -1.63. The van der Waals surface area contributed by atoms with E-state index in [9.17, 15) is 29.4 Å². The topological polar surface area (TPSA) is 152 Å². The van der Waals surface area contributed by atoms with Gasteiger partial charge in [0.1, 0.15) is 12.1 Å². The fourth-order valence-electron chi connectivity index (χ4n) is 4.17. The predicted molar refractivity (Wildman–Crippen MR) is 136 cm³/mol. The molecule has 4 atom stereocenters. The molecule has 214 valence electrons. The van der Waals surface area contributed by atoms with E-state index in [-0.39, 0.29) is 12.1 Å². The van der Waals surface area contributed by atoms with Gasteiger partial charge in [-0.1, -0.05) is 0 Å². The summed E-state index contributed by atoms with van der Waals surface area (Å²) in [6.45, 7) is 15.0. The van der Waals surface area contributed by atoms with Gasteiger partial charge in [-0.05, 0) is 41.5 Å². The van der Waals surface area contributed by atoms with Gasteiger partial charge in [0, 0.05) is 64.4 Å². The molecule has 1 rings (SSSR count). The van der Waals surface area contributed by atoms with E-state index in [1.165, 1.54) is 0 Å². The second-order valence-electron chi connectivity index (χ2n) is 10.3. The number of carboxylic acid groups (broad SMARTS) is 2. The lowest BCUT2D eigenvalue weighted by atomic mass is 10.1. The third kappa shape index (κ3) is 11.7. The Labute approximate surface area is 219 Å². The Morgan fingerprint density at radius 2 is 1.14 bits per heavy atom. The Kier molecular flexibility index (Phi) is 14.0. The van der Waals surface area contributed by atoms with Crippen LogP contribution in [0.3, 0.4) is 0 Å². The van der Waals surface area contributed by atoms with Crippen LogP contribution in [0.4, 0.5) is 0 Å². The third-order valence-corrected chi connectivity index (χ3v) is 6.69. The molecule has 13 heteroatoms. The van der Waals surface area contributed by atoms with Crippen LogP contribution in [0.5, 0.6) is 0 Å². The quantitative estimate of drug-likeness (QED) is 0.279. The van der Waals surface area contributed by atoms with Crippen molar-refractivity contribution in [2.75, 3.05) is 58.9 Å². The summed E-state index contributed by atoms with van der Waals surface area (Å²) >= 11 is 0. The Balaban J connectivity index is 3.29. The van der Waals surface area contributed by atoms with E-state index in [1.54, 1.807) is 25.7 Å². The Hall–Kier alpha value is -2.32. The lowest BCUT2D eigenvalue weighted by Crippen LogP contribution is -2.57. The average Bonchev–Trinajstić information content (AvgIpc) is 2.79. The molecule has 0 radical (unpaired) electrons. The summed E-state index contributed by atoms with van der Waals surface area (Å²) in [5.74, 6) is -1.95. The van der Waals surface area contributed by atoms with Crippen LogP contribution in [0.15, 0.2) is 0 Å². The van der Waals surface area contributed by atoms with E-state index >= 15 is 0 Å². The Bertz CT molecular complexity index is 734. The van der Waals surface area contributed by atoms with Gasteiger partial charge in [-0.3, -0.25) is 38.8 Å². The molecule has 0 amide bonds. The molecule has 0 aliphatic carbocycles. The normalized spacial score (nSPS) is 21.5. The van der Waals surface area contributed by atoms with Crippen LogP contribution in [-0.2, 0) is 28.7 Å². The molecule has 1 aliphatic heterocycles. The van der Waals surface area contributed by atoms with Gasteiger partial charge in [-0.15, -0.1) is 0 Å². The first-order valence-corrected chi connectivity index (χ1v) is 12.7. The molecule has 3 N–H and O–H groups in total. The maximum atomic E-state index is 12.3. The van der Waals surface area contributed by atoms with Gasteiger partial charge in [-0.25, -0.2) is 0 Å². The lowest BCUT2D eigenvalue weighted by Gasteiger charge is -2.39. The summed E-state index contributed by atoms with van der Waals surface area (Å²) in [6.07, 6.45) is -1.09. The van der Waals surface area contributed by atoms with Crippen LogP contribution in [-0.4, -0.2) is 144 Å². The summed E-state index contributed by atoms with van der Waals surface area (Å²) < 4.78 is 10.3. The minimum Gasteiger partial charge on any atom is -0.480 e. The molecule has 1 saturated heterocycles. The maximum Gasteiger partial charge on any atom is 0.322 e. The van der Waals surface area contributed by atoms with Gasteiger partial charge < -0.3 is 25.0 Å². The van der Waals surface area contributed by atoms with Crippen molar-refractivity contribution in [2.24, 2.45) is 0 Å². The van der Waals surface area contributed by atoms with Crippen LogP contribution in [0.2, 0.25) is 0 Å². The molecule has 0 spiro atoms. The highest BCUT2D eigenvalue weighted by Gasteiger charge is 2.31. The highest BCUT2D eigenvalue weighted by Crippen LogP contribution is 2.11. The molecule has 0 saturated carbocycles. The largest absolute Gasteiger partial charge is 0.480 e. The molecule has 0 aromatic carbocycles. The first-order valence-electron chi connectivity index (χ1n) is 12.7. The van der Waals surface area contributed by atoms with E-state index in [2.05, 4.69) is 5.32 Å². The number of hydrogen-bond acceptors (Lipinski definition) is 11. The highest BCUT2D eigenvalue weighted by molar-refractivity contribution is 5.74. The number of nitrogens with zero attached hydrogens (tertiary/aromatic N) is 4. The van der Waals surface area contributed by atoms with Crippen molar-refractivity contribution < 1.29 is 38.9 Å². The zero-order chi connectivity index (χ0) is 28.2. The van der Waals surface area contributed by atoms with E-state index in [0.717, 1.165) is 0 Å². The van der Waals surface area contributed by atoms with Crippen molar-refractivity contribution in [1.29, 1.82) is 0 Å². The fourth-order valence-corrected chi connectivity index (χ4v) is 4.17. The standard InChI is InChI=1S/C24H45N5O8/c1-18(22(32)33)26-7-9-27(19(2)36-16-30)10-11-28(20(3)37-17-31)12-14-29(13-8-26)21(23(34)35)15-25-24(4,5)6/h16-21,25H,7-15H2,1-6H3,(H,32,33)(H,34,35). The predicted octanol–water partition coefficient (Wildman–Crippen LogP) is -0.440. The van der Waals surface area contributed by atoms with Crippen molar-refractivity contribution in [3.63, 3.8) is 0 Å². The summed E-state index contributed by atoms with van der Waals surface area (Å²) in [4.78, 5) is 53.6. The highest BCUT2D eigenvalue weighted by atomic mass is 16.5. The molecule has 0 bridgehead atoms. The van der Waals surface area contributed by atoms with Crippen LogP contribution in [0, 0.1) is 0 Å². The van der Waals surface area contributed by atoms with E-state index in [4.69, 9.17) is 9.47 Å². The van der Waals surface area contributed by atoms with Gasteiger partial charge >= 0.3 is 11.9 Å². The molecule has 13 nitrogen and oxygen atoms in total. The first-order chi connectivity index (χ1) is 17.3. The minimum atomic E-state index is -0.976. The van der Waals surface area contributed by atoms with Crippen molar-refractivity contribution in [2.45, 2.75) is 71.6 Å². The van der Waals surface area contributed by atoms with E-state index < -0.39 is 36.5 Å². The van der Waals surface area contributed by atoms with Gasteiger partial charge in [0.15, 0.2) is 12.5 Å². The second-order valence-corrected chi connectivity index (χ2v) is 10.3. The van der Waals surface area contributed by atoms with Crippen molar-refractivity contribution in [1.82, 2.24) is 24.9 Å². The molecular formula is C24H45N5O8. The molecule has 1 heterocycles. The smallest absolute Gasteiger partial charge is 0.322 e. The summed E-state index contributed by atoms with van der Waals surface area (Å²) in [5.41, 5.74) is -0.286. The Morgan fingerprint density at radius 3 is 1.46 bits per heavy atom. The van der Waals surface area contributed by atoms with Crippen LogP contribution >= 0.6 is 0 Å². The van der Waals surface area contributed by atoms with E-state index in [1.807, 2.05) is 35.5 Å². The van der Waals surface area contributed by atoms with Gasteiger partial charge in [-0.2, -0.15) is 0 Å². The number of carboxylic acids is 2. The van der Waals surface area contributed by atoms with Crippen LogP contribution in [0.25, 0.3) is 0 Å². The van der Waals surface area contributed by atoms with Gasteiger partial charge in [0.05, 0.1) is 0 Å². The second kappa shape index (κ2) is 15.8. The zero-order valence-electron chi connectivity index (χ0n) is 23.0. The van der Waals surface area contributed by atoms with Crippen LogP contribution in [0.1, 0.15) is 41.5 Å². The van der Waals surface area contributed by atoms with E-state index in [0.29, 0.717) is 65.3 Å². The van der Waals surface area contributed by atoms with Crippen molar-refractivity contribution in [3.05, 3.63) is 0 Å². The number of ether oxygens (including phenoxy) is 2. The molecule has 0 aromatic rings. The molecular weight excluding hydrogens is 486 g/mol. The summed E-state index contributed by atoms with van der Waals surface area (Å²) in [5, 5.41) is 23.0. The number of rotatable bonds is 12. The number of carbonyl (C=O) groups is 4. The SMILES string of the molecule is CC(OC=O)N1CCN(C(C)OC=O)CCN(C(CNC(C)(C)C)C(=O)O)CCN(C(C)C(=O)O)CC1. The lowest BCUT2D eigenvalue weighted by molar-refractivity contribution is -0.149. The Morgan fingerprint density at radius 1 is 0.757 bits per heavy atom. The van der Waals surface area contributed by atoms with Crippen LogP contribution < -0.4 is 5.32 Å². The molecule has 1 fully saturated rings. The minimum absolute atomic E-state index is 0.210. The fraction of sp³-hybridized carbons (Fsp3) is 0.833. The average molecular weight is 532 g/mol. The molecule has 37 heavy (non-hydrogen) atoms.